The number of hydrogen-bond acceptors (Lipinski definition) is 5. The third kappa shape index (κ3) is 5.03. The number of halogens is 1. The van der Waals surface area contributed by atoms with E-state index in [1.807, 2.05) is 6.92 Å². The van der Waals surface area contributed by atoms with E-state index in [4.69, 9.17) is 16.1 Å². The van der Waals surface area contributed by atoms with E-state index in [1.165, 1.54) is 11.6 Å². The molecule has 1 heterocycles. The zero-order valence-corrected chi connectivity index (χ0v) is 14.4. The molecule has 22 heavy (non-hydrogen) atoms. The van der Waals surface area contributed by atoms with Gasteiger partial charge in [-0.25, -0.2) is 19.7 Å². The fourth-order valence-electron chi connectivity index (χ4n) is 1.81. The molecule has 0 bridgehead atoms. The molecule has 0 aliphatic rings. The van der Waals surface area contributed by atoms with E-state index in [2.05, 4.69) is 15.2 Å². The van der Waals surface area contributed by atoms with Gasteiger partial charge in [-0.2, -0.15) is 0 Å². The first-order valence-corrected chi connectivity index (χ1v) is 9.01. The van der Waals surface area contributed by atoms with E-state index in [-0.39, 0.29) is 11.7 Å². The zero-order valence-electron chi connectivity index (χ0n) is 12.8. The Labute approximate surface area is 134 Å². The van der Waals surface area contributed by atoms with Crippen molar-refractivity contribution in [3.8, 4) is 0 Å². The molecule has 2 N–H and O–H groups in total. The summed E-state index contributed by atoms with van der Waals surface area (Å²) >= 11 is 5.60. The van der Waals surface area contributed by atoms with Gasteiger partial charge in [-0.15, -0.1) is 11.6 Å². The van der Waals surface area contributed by atoms with E-state index in [0.29, 0.717) is 18.9 Å². The molecule has 0 spiro atoms. The van der Waals surface area contributed by atoms with E-state index < -0.39 is 18.7 Å². The van der Waals surface area contributed by atoms with Crippen molar-refractivity contribution in [2.45, 2.75) is 26.4 Å². The molecule has 126 valence electrons. The number of imidazole rings is 1. The number of rotatable bonds is 10. The number of nitrogens with zero attached hydrogens (tertiary/aromatic N) is 3. The average Bonchev–Trinajstić information content (AvgIpc) is 2.85. The largest absolute Gasteiger partial charge is 0.358 e. The third-order valence-corrected chi connectivity index (χ3v) is 4.92. The Morgan fingerprint density at radius 1 is 1.55 bits per heavy atom. The minimum absolute atomic E-state index is 0.157. The van der Waals surface area contributed by atoms with Gasteiger partial charge in [-0.1, -0.05) is 6.92 Å². The highest BCUT2D eigenvalue weighted by Gasteiger charge is 2.30. The van der Waals surface area contributed by atoms with Crippen molar-refractivity contribution in [3.05, 3.63) is 22.1 Å². The average molecular weight is 354 g/mol. The minimum Gasteiger partial charge on any atom is -0.358 e. The fraction of sp³-hybridized carbons (Fsp3) is 0.727. The molecule has 0 amide bonds. The maximum Gasteiger partial charge on any atom is 0.342 e. The Morgan fingerprint density at radius 3 is 2.68 bits per heavy atom. The van der Waals surface area contributed by atoms with Crippen LogP contribution in [0.4, 0.5) is 5.82 Å². The molecule has 0 aliphatic heterocycles. The number of nitrogens with one attached hydrogen (secondary N) is 2. The van der Waals surface area contributed by atoms with Crippen LogP contribution in [-0.2, 0) is 16.1 Å². The Bertz CT molecular complexity index is 541. The molecular weight excluding hydrogens is 333 g/mol. The Balaban J connectivity index is 2.88. The molecule has 1 aromatic heterocycles. The highest BCUT2D eigenvalue weighted by molar-refractivity contribution is 7.54. The van der Waals surface area contributed by atoms with Crippen LogP contribution >= 0.6 is 19.3 Å². The molecule has 9 nitrogen and oxygen atoms in total. The molecular formula is C11H21ClN5O4P. The first kappa shape index (κ1) is 19.1. The van der Waals surface area contributed by atoms with Crippen molar-refractivity contribution in [1.29, 1.82) is 0 Å². The number of hydrogen-bond donors (Lipinski definition) is 2. The van der Waals surface area contributed by atoms with Crippen molar-refractivity contribution in [2.24, 2.45) is 7.05 Å². The predicted octanol–water partition coefficient (Wildman–Crippen LogP) is 2.34. The molecule has 1 aromatic rings. The minimum atomic E-state index is -3.32. The molecule has 0 saturated heterocycles. The summed E-state index contributed by atoms with van der Waals surface area (Å²) in [6.45, 7) is 4.38. The van der Waals surface area contributed by atoms with Crippen LogP contribution in [0.1, 0.15) is 32.2 Å². The SMILES string of the molecule is CCCNP(=O)(NCCCl)OC(C)c1ncc([N+](=O)[O-])n1C. The molecule has 0 aliphatic carbocycles. The van der Waals surface area contributed by atoms with E-state index >= 15 is 0 Å². The molecule has 0 aromatic carbocycles. The summed E-state index contributed by atoms with van der Waals surface area (Å²) in [5.41, 5.74) is 0. The van der Waals surface area contributed by atoms with Gasteiger partial charge in [0.15, 0.2) is 0 Å². The van der Waals surface area contributed by atoms with Gasteiger partial charge in [0.2, 0.25) is 5.82 Å². The van der Waals surface area contributed by atoms with Crippen molar-refractivity contribution >= 4 is 25.1 Å². The van der Waals surface area contributed by atoms with Gasteiger partial charge in [0, 0.05) is 19.0 Å². The van der Waals surface area contributed by atoms with Gasteiger partial charge >= 0.3 is 13.5 Å². The third-order valence-electron chi connectivity index (χ3n) is 2.84. The molecule has 0 saturated carbocycles. The van der Waals surface area contributed by atoms with Gasteiger partial charge in [0.1, 0.15) is 12.3 Å². The lowest BCUT2D eigenvalue weighted by molar-refractivity contribution is -0.391. The molecule has 0 radical (unpaired) electrons. The second-order valence-electron chi connectivity index (χ2n) is 4.60. The maximum atomic E-state index is 12.7. The van der Waals surface area contributed by atoms with Crippen LogP contribution in [0.25, 0.3) is 0 Å². The summed E-state index contributed by atoms with van der Waals surface area (Å²) in [5, 5.41) is 16.4. The molecule has 2 unspecified atom stereocenters. The van der Waals surface area contributed by atoms with Gasteiger partial charge in [0.05, 0.1) is 7.05 Å². The van der Waals surface area contributed by atoms with Crippen molar-refractivity contribution in [2.75, 3.05) is 19.0 Å². The predicted molar refractivity (Wildman–Crippen MR) is 84.0 cm³/mol. The first-order valence-electron chi connectivity index (χ1n) is 6.85. The molecule has 11 heteroatoms. The molecule has 1 rings (SSSR count). The molecule has 2 atom stereocenters. The Kier molecular flexibility index (Phi) is 7.44. The van der Waals surface area contributed by atoms with Crippen LogP contribution in [0.5, 0.6) is 0 Å². The number of alkyl halides is 1. The topological polar surface area (TPSA) is 111 Å². The fourth-order valence-corrected chi connectivity index (χ4v) is 3.76. The highest BCUT2D eigenvalue weighted by Crippen LogP contribution is 2.42. The number of aromatic nitrogens is 2. The highest BCUT2D eigenvalue weighted by atomic mass is 35.5. The lowest BCUT2D eigenvalue weighted by Gasteiger charge is -2.22. The maximum absolute atomic E-state index is 12.7. The lowest BCUT2D eigenvalue weighted by Crippen LogP contribution is -2.27. The van der Waals surface area contributed by atoms with Gasteiger partial charge < -0.3 is 10.1 Å². The quantitative estimate of drug-likeness (QED) is 0.287. The summed E-state index contributed by atoms with van der Waals surface area (Å²) in [6, 6.07) is 0. The van der Waals surface area contributed by atoms with Crippen molar-refractivity contribution in [3.63, 3.8) is 0 Å². The Hall–Kier alpha value is -0.990. The number of nitro groups is 1. The monoisotopic (exact) mass is 353 g/mol. The second-order valence-corrected chi connectivity index (χ2v) is 6.92. The normalized spacial score (nSPS) is 15.5. The molecule has 0 fully saturated rings. The van der Waals surface area contributed by atoms with E-state index in [9.17, 15) is 14.7 Å². The van der Waals surface area contributed by atoms with Gasteiger partial charge in [-0.3, -0.25) is 9.09 Å². The van der Waals surface area contributed by atoms with Crippen LogP contribution < -0.4 is 10.2 Å². The van der Waals surface area contributed by atoms with Crippen LogP contribution in [0, 0.1) is 10.1 Å². The first-order chi connectivity index (χ1) is 10.3. The summed E-state index contributed by atoms with van der Waals surface area (Å²) < 4.78 is 19.6. The van der Waals surface area contributed by atoms with Gasteiger partial charge in [-0.05, 0) is 18.3 Å². The summed E-state index contributed by atoms with van der Waals surface area (Å²) in [5.74, 6) is 0.442. The summed E-state index contributed by atoms with van der Waals surface area (Å²) in [4.78, 5) is 14.3. The smallest absolute Gasteiger partial charge is 0.342 e. The van der Waals surface area contributed by atoms with Crippen LogP contribution in [0.3, 0.4) is 0 Å². The van der Waals surface area contributed by atoms with Crippen LogP contribution in [0.2, 0.25) is 0 Å². The lowest BCUT2D eigenvalue weighted by atomic mass is 10.4. The van der Waals surface area contributed by atoms with E-state index in [0.717, 1.165) is 12.6 Å². The van der Waals surface area contributed by atoms with Crippen LogP contribution in [-0.4, -0.2) is 33.4 Å². The van der Waals surface area contributed by atoms with E-state index in [1.54, 1.807) is 6.92 Å². The van der Waals surface area contributed by atoms with Crippen molar-refractivity contribution in [1.82, 2.24) is 19.7 Å². The zero-order chi connectivity index (χ0) is 16.8. The van der Waals surface area contributed by atoms with Crippen molar-refractivity contribution < 1.29 is 14.0 Å². The summed E-state index contributed by atoms with van der Waals surface area (Å²) in [7, 11) is -1.81. The summed E-state index contributed by atoms with van der Waals surface area (Å²) in [6.07, 6.45) is 1.22. The second kappa shape index (κ2) is 8.59. The Morgan fingerprint density at radius 2 is 2.18 bits per heavy atom. The van der Waals surface area contributed by atoms with Crippen LogP contribution in [0.15, 0.2) is 6.20 Å². The standard InChI is InChI=1S/C11H21ClN5O4P/c1-4-6-14-22(20,15-7-5-12)21-9(2)11-13-8-10(16(11)3)17(18)19/h8-9H,4-7H2,1-3H3,(H2,14,15,20). The van der Waals surface area contributed by atoms with Gasteiger partial charge in [0.25, 0.3) is 0 Å².